The standard InChI is InChI=1S/C14H17FN6O/c1-8-18-13(20-19-8)11-4-9-2-3-21(7-12(9)22-11)14-16-5-10(15)6-17-14/h5-6,9,11-12H,2-4,7H2,1H3,(H,18,19,20)/t9-,11+,12+/m1/s1. The number of fused-ring (bicyclic) bond motifs is 1. The lowest BCUT2D eigenvalue weighted by atomic mass is 9.92. The van der Waals surface area contributed by atoms with Crippen LogP contribution in [0.25, 0.3) is 0 Å². The van der Waals surface area contributed by atoms with Gasteiger partial charge in [0.2, 0.25) is 5.95 Å². The summed E-state index contributed by atoms with van der Waals surface area (Å²) < 4.78 is 19.0. The molecule has 0 amide bonds. The van der Waals surface area contributed by atoms with Crippen molar-refractivity contribution in [3.05, 3.63) is 29.9 Å². The Bertz CT molecular complexity index is 660. The summed E-state index contributed by atoms with van der Waals surface area (Å²) >= 11 is 0. The number of halogens is 1. The molecule has 2 aliphatic rings. The first-order valence-electron chi connectivity index (χ1n) is 7.46. The number of aryl methyl sites for hydroxylation is 1. The summed E-state index contributed by atoms with van der Waals surface area (Å²) in [5.74, 6) is 2.17. The summed E-state index contributed by atoms with van der Waals surface area (Å²) in [6.07, 6.45) is 4.41. The van der Waals surface area contributed by atoms with Crippen molar-refractivity contribution in [1.82, 2.24) is 25.1 Å². The van der Waals surface area contributed by atoms with Crippen LogP contribution in [0, 0.1) is 18.7 Å². The third kappa shape index (κ3) is 2.43. The van der Waals surface area contributed by atoms with Gasteiger partial charge in [-0.1, -0.05) is 0 Å². The van der Waals surface area contributed by atoms with E-state index in [0.717, 1.165) is 37.6 Å². The van der Waals surface area contributed by atoms with E-state index < -0.39 is 5.82 Å². The van der Waals surface area contributed by atoms with Crippen LogP contribution in [-0.4, -0.2) is 44.3 Å². The molecule has 3 atom stereocenters. The monoisotopic (exact) mass is 304 g/mol. The van der Waals surface area contributed by atoms with Crippen molar-refractivity contribution in [1.29, 1.82) is 0 Å². The van der Waals surface area contributed by atoms with E-state index in [-0.39, 0.29) is 12.2 Å². The molecular weight excluding hydrogens is 287 g/mol. The third-order valence-corrected chi connectivity index (χ3v) is 4.34. The Balaban J connectivity index is 1.46. The van der Waals surface area contributed by atoms with Gasteiger partial charge in [0, 0.05) is 13.1 Å². The summed E-state index contributed by atoms with van der Waals surface area (Å²) in [5.41, 5.74) is 0. The highest BCUT2D eigenvalue weighted by Crippen LogP contribution is 2.40. The number of hydrogen-bond acceptors (Lipinski definition) is 6. The lowest BCUT2D eigenvalue weighted by Gasteiger charge is -2.33. The average Bonchev–Trinajstić information content (AvgIpc) is 3.13. The Labute approximate surface area is 126 Å². The summed E-state index contributed by atoms with van der Waals surface area (Å²) in [6.45, 7) is 3.46. The number of piperidine rings is 1. The predicted molar refractivity (Wildman–Crippen MR) is 75.7 cm³/mol. The zero-order valence-electron chi connectivity index (χ0n) is 12.2. The fourth-order valence-corrected chi connectivity index (χ4v) is 3.25. The molecule has 0 bridgehead atoms. The van der Waals surface area contributed by atoms with Crippen molar-refractivity contribution in [2.75, 3.05) is 18.0 Å². The first-order valence-corrected chi connectivity index (χ1v) is 7.46. The molecule has 0 spiro atoms. The van der Waals surface area contributed by atoms with E-state index in [2.05, 4.69) is 25.1 Å². The van der Waals surface area contributed by atoms with Gasteiger partial charge >= 0.3 is 0 Å². The van der Waals surface area contributed by atoms with Crippen LogP contribution >= 0.6 is 0 Å². The lowest BCUT2D eigenvalue weighted by Crippen LogP contribution is -2.43. The number of H-pyrrole nitrogens is 1. The van der Waals surface area contributed by atoms with E-state index in [0.29, 0.717) is 11.9 Å². The fourth-order valence-electron chi connectivity index (χ4n) is 3.25. The number of rotatable bonds is 2. The van der Waals surface area contributed by atoms with Crippen LogP contribution < -0.4 is 4.90 Å². The molecule has 1 N–H and O–H groups in total. The normalized spacial score (nSPS) is 27.9. The minimum absolute atomic E-state index is 0.0472. The quantitative estimate of drug-likeness (QED) is 0.903. The SMILES string of the molecule is Cc1nc([C@@H]2C[C@H]3CCN(c4ncc(F)cn4)C[C@@H]3O2)n[nH]1. The van der Waals surface area contributed by atoms with Crippen LogP contribution in [-0.2, 0) is 4.74 Å². The minimum Gasteiger partial charge on any atom is -0.365 e. The summed E-state index contributed by atoms with van der Waals surface area (Å²) in [6, 6.07) is 0. The van der Waals surface area contributed by atoms with Crippen molar-refractivity contribution >= 4 is 5.95 Å². The maximum atomic E-state index is 12.9. The third-order valence-electron chi connectivity index (χ3n) is 4.34. The Hall–Kier alpha value is -2.09. The van der Waals surface area contributed by atoms with E-state index in [1.807, 2.05) is 11.8 Å². The maximum Gasteiger partial charge on any atom is 0.225 e. The van der Waals surface area contributed by atoms with Crippen LogP contribution in [0.1, 0.15) is 30.6 Å². The number of nitrogens with one attached hydrogen (secondary N) is 1. The Morgan fingerprint density at radius 2 is 2.18 bits per heavy atom. The van der Waals surface area contributed by atoms with Gasteiger partial charge in [0.25, 0.3) is 0 Å². The van der Waals surface area contributed by atoms with Crippen LogP contribution in [0.3, 0.4) is 0 Å². The molecule has 2 aliphatic heterocycles. The summed E-state index contributed by atoms with van der Waals surface area (Å²) in [4.78, 5) is 14.5. The van der Waals surface area contributed by atoms with Gasteiger partial charge in [0.1, 0.15) is 11.9 Å². The van der Waals surface area contributed by atoms with Crippen LogP contribution in [0.4, 0.5) is 10.3 Å². The van der Waals surface area contributed by atoms with Gasteiger partial charge in [-0.15, -0.1) is 0 Å². The zero-order valence-corrected chi connectivity index (χ0v) is 12.2. The second-order valence-corrected chi connectivity index (χ2v) is 5.87. The van der Waals surface area contributed by atoms with Gasteiger partial charge in [-0.2, -0.15) is 5.10 Å². The Morgan fingerprint density at radius 3 is 2.91 bits per heavy atom. The molecule has 2 saturated heterocycles. The first-order chi connectivity index (χ1) is 10.7. The van der Waals surface area contributed by atoms with Crippen LogP contribution in [0.2, 0.25) is 0 Å². The largest absolute Gasteiger partial charge is 0.365 e. The fraction of sp³-hybridized carbons (Fsp3) is 0.571. The molecule has 0 aliphatic carbocycles. The lowest BCUT2D eigenvalue weighted by molar-refractivity contribution is 0.0276. The van der Waals surface area contributed by atoms with Crippen LogP contribution in [0.5, 0.6) is 0 Å². The second kappa shape index (κ2) is 5.28. The highest BCUT2D eigenvalue weighted by atomic mass is 19.1. The molecule has 0 aromatic carbocycles. The van der Waals surface area contributed by atoms with E-state index in [4.69, 9.17) is 4.74 Å². The highest BCUT2D eigenvalue weighted by Gasteiger charge is 2.41. The van der Waals surface area contributed by atoms with E-state index in [1.54, 1.807) is 0 Å². The van der Waals surface area contributed by atoms with Crippen molar-refractivity contribution in [2.24, 2.45) is 5.92 Å². The van der Waals surface area contributed by atoms with Gasteiger partial charge < -0.3 is 9.64 Å². The van der Waals surface area contributed by atoms with Crippen molar-refractivity contribution < 1.29 is 9.13 Å². The van der Waals surface area contributed by atoms with E-state index in [9.17, 15) is 4.39 Å². The van der Waals surface area contributed by atoms with Gasteiger partial charge in [-0.3, -0.25) is 5.10 Å². The Kier molecular flexibility index (Phi) is 3.25. The molecule has 2 aromatic rings. The van der Waals surface area contributed by atoms with Crippen molar-refractivity contribution in [2.45, 2.75) is 32.0 Å². The smallest absolute Gasteiger partial charge is 0.225 e. The van der Waals surface area contributed by atoms with Crippen molar-refractivity contribution in [3.8, 4) is 0 Å². The Morgan fingerprint density at radius 1 is 1.36 bits per heavy atom. The number of anilines is 1. The van der Waals surface area contributed by atoms with E-state index in [1.165, 1.54) is 12.4 Å². The molecule has 4 rings (SSSR count). The van der Waals surface area contributed by atoms with E-state index >= 15 is 0 Å². The van der Waals surface area contributed by atoms with Gasteiger partial charge in [-0.25, -0.2) is 19.3 Å². The average molecular weight is 304 g/mol. The molecule has 8 heteroatoms. The second-order valence-electron chi connectivity index (χ2n) is 5.87. The van der Waals surface area contributed by atoms with Gasteiger partial charge in [-0.05, 0) is 25.7 Å². The molecule has 22 heavy (non-hydrogen) atoms. The molecule has 4 heterocycles. The molecular formula is C14H17FN6O. The minimum atomic E-state index is -0.421. The molecule has 2 fully saturated rings. The topological polar surface area (TPSA) is 79.8 Å². The number of ether oxygens (including phenoxy) is 1. The van der Waals surface area contributed by atoms with Gasteiger partial charge in [0.05, 0.1) is 18.5 Å². The van der Waals surface area contributed by atoms with Crippen molar-refractivity contribution in [3.63, 3.8) is 0 Å². The predicted octanol–water partition coefficient (Wildman–Crippen LogP) is 1.40. The molecule has 0 unspecified atom stereocenters. The number of aromatic nitrogens is 5. The first kappa shape index (κ1) is 13.6. The molecule has 2 aromatic heterocycles. The number of nitrogens with zero attached hydrogens (tertiary/aromatic N) is 5. The molecule has 0 saturated carbocycles. The summed E-state index contributed by atoms with van der Waals surface area (Å²) in [7, 11) is 0. The molecule has 7 nitrogen and oxygen atoms in total. The number of hydrogen-bond donors (Lipinski definition) is 1. The van der Waals surface area contributed by atoms with Gasteiger partial charge in [0.15, 0.2) is 11.6 Å². The zero-order chi connectivity index (χ0) is 15.1. The molecule has 0 radical (unpaired) electrons. The van der Waals surface area contributed by atoms with Crippen LogP contribution in [0.15, 0.2) is 12.4 Å². The maximum absolute atomic E-state index is 12.9. The molecule has 116 valence electrons. The summed E-state index contributed by atoms with van der Waals surface area (Å²) in [5, 5.41) is 7.06. The number of aromatic amines is 1. The highest BCUT2D eigenvalue weighted by molar-refractivity contribution is 5.30.